The van der Waals surface area contributed by atoms with Crippen LogP contribution in [0.3, 0.4) is 0 Å². The van der Waals surface area contributed by atoms with Crippen molar-refractivity contribution < 1.29 is 18.0 Å². The lowest BCUT2D eigenvalue weighted by molar-refractivity contribution is -0.145. The molecule has 1 aliphatic rings. The molecule has 100 valence electrons. The van der Waals surface area contributed by atoms with E-state index in [1.807, 2.05) is 0 Å². The molecule has 0 heterocycles. The molecule has 1 aliphatic carbocycles. The minimum Gasteiger partial charge on any atom is -0.349 e. The molecule has 0 aromatic rings. The van der Waals surface area contributed by atoms with Crippen molar-refractivity contribution >= 4 is 5.91 Å². The smallest absolute Gasteiger partial charge is 0.349 e. The van der Waals surface area contributed by atoms with Gasteiger partial charge in [-0.05, 0) is 12.8 Å². The third kappa shape index (κ3) is 4.93. The van der Waals surface area contributed by atoms with E-state index < -0.39 is 30.5 Å². The summed E-state index contributed by atoms with van der Waals surface area (Å²) in [5, 5.41) is 2.69. The van der Waals surface area contributed by atoms with Crippen molar-refractivity contribution in [3.63, 3.8) is 0 Å². The van der Waals surface area contributed by atoms with Crippen molar-refractivity contribution in [3.8, 4) is 0 Å². The highest BCUT2D eigenvalue weighted by Crippen LogP contribution is 2.28. The van der Waals surface area contributed by atoms with Crippen LogP contribution in [0, 0.1) is 0 Å². The van der Waals surface area contributed by atoms with Crippen LogP contribution in [0.2, 0.25) is 0 Å². The van der Waals surface area contributed by atoms with E-state index in [4.69, 9.17) is 5.73 Å². The number of alkyl halides is 3. The van der Waals surface area contributed by atoms with E-state index in [1.54, 1.807) is 0 Å². The first kappa shape index (κ1) is 14.3. The SMILES string of the molecule is NCC1(NC(=O)CCC(F)(F)F)CCCCC1. The highest BCUT2D eigenvalue weighted by atomic mass is 19.4. The zero-order chi connectivity index (χ0) is 12.9. The average molecular weight is 252 g/mol. The van der Waals surface area contributed by atoms with Gasteiger partial charge in [0.25, 0.3) is 0 Å². The van der Waals surface area contributed by atoms with E-state index in [0.29, 0.717) is 6.54 Å². The monoisotopic (exact) mass is 252 g/mol. The van der Waals surface area contributed by atoms with Crippen molar-refractivity contribution in [2.24, 2.45) is 5.73 Å². The maximum absolute atomic E-state index is 12.0. The third-order valence-corrected chi connectivity index (χ3v) is 3.24. The molecule has 17 heavy (non-hydrogen) atoms. The van der Waals surface area contributed by atoms with Crippen molar-refractivity contribution in [2.45, 2.75) is 56.7 Å². The van der Waals surface area contributed by atoms with Crippen molar-refractivity contribution in [1.82, 2.24) is 5.32 Å². The molecule has 1 fully saturated rings. The molecule has 0 aromatic heterocycles. The van der Waals surface area contributed by atoms with Gasteiger partial charge in [-0.1, -0.05) is 19.3 Å². The minimum atomic E-state index is -4.28. The zero-order valence-corrected chi connectivity index (χ0v) is 9.78. The fraction of sp³-hybridized carbons (Fsp3) is 0.909. The van der Waals surface area contributed by atoms with Crippen LogP contribution < -0.4 is 11.1 Å². The molecule has 3 nitrogen and oxygen atoms in total. The Morgan fingerprint density at radius 3 is 2.29 bits per heavy atom. The minimum absolute atomic E-state index is 0.296. The first-order chi connectivity index (χ1) is 7.87. The fourth-order valence-corrected chi connectivity index (χ4v) is 2.22. The van der Waals surface area contributed by atoms with E-state index in [1.165, 1.54) is 0 Å². The van der Waals surface area contributed by atoms with Gasteiger partial charge in [0.1, 0.15) is 0 Å². The first-order valence-corrected chi connectivity index (χ1v) is 5.95. The number of hydrogen-bond acceptors (Lipinski definition) is 2. The highest BCUT2D eigenvalue weighted by Gasteiger charge is 2.33. The summed E-state index contributed by atoms with van der Waals surface area (Å²) >= 11 is 0. The van der Waals surface area contributed by atoms with Crippen LogP contribution in [-0.4, -0.2) is 24.2 Å². The summed E-state index contributed by atoms with van der Waals surface area (Å²) in [5.74, 6) is -0.547. The van der Waals surface area contributed by atoms with Crippen molar-refractivity contribution in [1.29, 1.82) is 0 Å². The number of halogens is 3. The Labute approximate surface area is 98.9 Å². The lowest BCUT2D eigenvalue weighted by Crippen LogP contribution is -2.54. The topological polar surface area (TPSA) is 55.1 Å². The van der Waals surface area contributed by atoms with Gasteiger partial charge >= 0.3 is 6.18 Å². The third-order valence-electron chi connectivity index (χ3n) is 3.24. The predicted octanol–water partition coefficient (Wildman–Crippen LogP) is 2.11. The van der Waals surface area contributed by atoms with Crippen LogP contribution in [0.15, 0.2) is 0 Å². The van der Waals surface area contributed by atoms with Crippen LogP contribution >= 0.6 is 0 Å². The molecule has 0 unspecified atom stereocenters. The Morgan fingerprint density at radius 2 is 1.82 bits per heavy atom. The zero-order valence-electron chi connectivity index (χ0n) is 9.78. The second kappa shape index (κ2) is 5.71. The van der Waals surface area contributed by atoms with Crippen LogP contribution in [0.4, 0.5) is 13.2 Å². The Bertz CT molecular complexity index is 260. The summed E-state index contributed by atoms with van der Waals surface area (Å²) in [5.41, 5.74) is 5.16. The summed E-state index contributed by atoms with van der Waals surface area (Å²) in [6, 6.07) is 0. The van der Waals surface area contributed by atoms with Crippen LogP contribution in [0.5, 0.6) is 0 Å². The molecule has 0 aliphatic heterocycles. The molecule has 1 rings (SSSR count). The van der Waals surface area contributed by atoms with Crippen LogP contribution in [0.25, 0.3) is 0 Å². The van der Waals surface area contributed by atoms with Crippen molar-refractivity contribution in [3.05, 3.63) is 0 Å². The van der Waals surface area contributed by atoms with Gasteiger partial charge in [-0.15, -0.1) is 0 Å². The Hall–Kier alpha value is -0.780. The largest absolute Gasteiger partial charge is 0.389 e. The lowest BCUT2D eigenvalue weighted by Gasteiger charge is -2.37. The molecule has 0 atom stereocenters. The Balaban J connectivity index is 2.42. The van der Waals surface area contributed by atoms with E-state index in [0.717, 1.165) is 32.1 Å². The molecule has 1 amide bonds. The van der Waals surface area contributed by atoms with Gasteiger partial charge in [-0.25, -0.2) is 0 Å². The molecular weight excluding hydrogens is 233 g/mol. The maximum Gasteiger partial charge on any atom is 0.389 e. The van der Waals surface area contributed by atoms with E-state index in [9.17, 15) is 18.0 Å². The van der Waals surface area contributed by atoms with Gasteiger partial charge in [-0.3, -0.25) is 4.79 Å². The molecule has 0 radical (unpaired) electrons. The summed E-state index contributed by atoms with van der Waals surface area (Å²) in [4.78, 5) is 11.5. The van der Waals surface area contributed by atoms with E-state index >= 15 is 0 Å². The molecule has 0 aromatic carbocycles. The van der Waals surface area contributed by atoms with Gasteiger partial charge in [0.2, 0.25) is 5.91 Å². The van der Waals surface area contributed by atoms with Gasteiger partial charge in [-0.2, -0.15) is 13.2 Å². The molecule has 0 spiro atoms. The number of rotatable bonds is 4. The number of carbonyl (C=O) groups excluding carboxylic acids is 1. The normalized spacial score (nSPS) is 20.0. The molecular formula is C11H19F3N2O. The van der Waals surface area contributed by atoms with Gasteiger partial charge in [0.15, 0.2) is 0 Å². The van der Waals surface area contributed by atoms with Crippen LogP contribution in [-0.2, 0) is 4.79 Å². The summed E-state index contributed by atoms with van der Waals surface area (Å²) in [6.07, 6.45) is -1.29. The standard InChI is InChI=1S/C11H19F3N2O/c12-11(13,14)7-4-9(17)16-10(8-15)5-2-1-3-6-10/h1-8,15H2,(H,16,17). The second-order valence-electron chi connectivity index (χ2n) is 4.71. The Morgan fingerprint density at radius 1 is 1.24 bits per heavy atom. The predicted molar refractivity (Wildman–Crippen MR) is 58.3 cm³/mol. The molecule has 0 bridgehead atoms. The molecule has 1 saturated carbocycles. The number of nitrogens with two attached hydrogens (primary N) is 1. The number of nitrogens with one attached hydrogen (secondary N) is 1. The van der Waals surface area contributed by atoms with E-state index in [-0.39, 0.29) is 0 Å². The average Bonchev–Trinajstić information content (AvgIpc) is 2.27. The maximum atomic E-state index is 12.0. The Kier molecular flexibility index (Phi) is 4.80. The number of hydrogen-bond donors (Lipinski definition) is 2. The molecule has 3 N–H and O–H groups in total. The van der Waals surface area contributed by atoms with Crippen molar-refractivity contribution in [2.75, 3.05) is 6.54 Å². The number of amides is 1. The van der Waals surface area contributed by atoms with E-state index in [2.05, 4.69) is 5.32 Å². The second-order valence-corrected chi connectivity index (χ2v) is 4.71. The molecule has 0 saturated heterocycles. The van der Waals surface area contributed by atoms with Gasteiger partial charge < -0.3 is 11.1 Å². The van der Waals surface area contributed by atoms with Crippen LogP contribution in [0.1, 0.15) is 44.9 Å². The fourth-order valence-electron chi connectivity index (χ4n) is 2.22. The lowest BCUT2D eigenvalue weighted by atomic mass is 9.81. The quantitative estimate of drug-likeness (QED) is 0.805. The number of carbonyl (C=O) groups is 1. The summed E-state index contributed by atoms with van der Waals surface area (Å²) in [7, 11) is 0. The highest BCUT2D eigenvalue weighted by molar-refractivity contribution is 5.76. The van der Waals surface area contributed by atoms with Gasteiger partial charge in [0, 0.05) is 13.0 Å². The first-order valence-electron chi connectivity index (χ1n) is 5.95. The summed E-state index contributed by atoms with van der Waals surface area (Å²) < 4.78 is 35.9. The summed E-state index contributed by atoms with van der Waals surface area (Å²) in [6.45, 7) is 0.296. The molecule has 6 heteroatoms. The van der Waals surface area contributed by atoms with Gasteiger partial charge in [0.05, 0.1) is 12.0 Å².